The minimum Gasteiger partial charge on any atom is -0.506 e. The molecule has 0 aliphatic rings. The van der Waals surface area contributed by atoms with Crippen LogP contribution in [0, 0.1) is 0 Å². The number of anilines is 1. The van der Waals surface area contributed by atoms with Crippen LogP contribution in [0.2, 0.25) is 5.02 Å². The van der Waals surface area contributed by atoms with E-state index in [9.17, 15) is 14.7 Å². The van der Waals surface area contributed by atoms with E-state index in [1.54, 1.807) is 18.2 Å². The number of phenolic OH excluding ortho intramolecular Hbond substituents is 1. The number of hydrogen-bond donors (Lipinski definition) is 3. The predicted octanol–water partition coefficient (Wildman–Crippen LogP) is 3.76. The van der Waals surface area contributed by atoms with E-state index in [1.165, 1.54) is 12.1 Å². The summed E-state index contributed by atoms with van der Waals surface area (Å²) in [5.74, 6) is -2.02. The zero-order valence-electron chi connectivity index (χ0n) is 10.4. The molecule has 0 aliphatic carbocycles. The molecule has 0 bridgehead atoms. The third-order valence-electron chi connectivity index (χ3n) is 2.67. The van der Waals surface area contributed by atoms with Gasteiger partial charge in [-0.25, -0.2) is 4.79 Å². The fourth-order valence-corrected chi connectivity index (χ4v) is 2.20. The molecule has 0 aliphatic heterocycles. The highest BCUT2D eigenvalue weighted by atomic mass is 79.9. The second kappa shape index (κ2) is 6.15. The van der Waals surface area contributed by atoms with Crippen LogP contribution in [0.5, 0.6) is 5.75 Å². The number of aromatic hydroxyl groups is 1. The number of phenols is 1. The van der Waals surface area contributed by atoms with Gasteiger partial charge in [0.2, 0.25) is 0 Å². The van der Waals surface area contributed by atoms with Crippen molar-refractivity contribution in [1.29, 1.82) is 0 Å². The SMILES string of the molecule is O=C(O)c1ccc(NC(=O)c2cc(Br)ccc2Cl)c(O)c1. The molecule has 2 aromatic carbocycles. The summed E-state index contributed by atoms with van der Waals surface area (Å²) in [4.78, 5) is 22.9. The molecule has 3 N–H and O–H groups in total. The van der Waals surface area contributed by atoms with Crippen LogP contribution >= 0.6 is 27.5 Å². The molecule has 1 amide bonds. The standard InChI is InChI=1S/C14H9BrClNO4/c15-8-2-3-10(16)9(6-8)13(19)17-11-4-1-7(14(20)21)5-12(11)18/h1-6,18H,(H,17,19)(H,20,21). The van der Waals surface area contributed by atoms with Crippen molar-refractivity contribution < 1.29 is 19.8 Å². The quantitative estimate of drug-likeness (QED) is 0.718. The monoisotopic (exact) mass is 369 g/mol. The number of nitrogens with one attached hydrogen (secondary N) is 1. The second-order valence-corrected chi connectivity index (χ2v) is 5.44. The average molecular weight is 371 g/mol. The third kappa shape index (κ3) is 3.53. The van der Waals surface area contributed by atoms with Gasteiger partial charge in [-0.2, -0.15) is 0 Å². The molecule has 2 rings (SSSR count). The van der Waals surface area contributed by atoms with E-state index in [2.05, 4.69) is 21.2 Å². The van der Waals surface area contributed by atoms with Crippen molar-refractivity contribution in [3.63, 3.8) is 0 Å². The van der Waals surface area contributed by atoms with E-state index in [0.717, 1.165) is 6.07 Å². The van der Waals surface area contributed by atoms with Crippen LogP contribution in [0.25, 0.3) is 0 Å². The van der Waals surface area contributed by atoms with Crippen LogP contribution in [0.1, 0.15) is 20.7 Å². The molecule has 0 unspecified atom stereocenters. The Balaban J connectivity index is 2.27. The van der Waals surface area contributed by atoms with Crippen LogP contribution in [0.3, 0.4) is 0 Å². The molecule has 0 atom stereocenters. The Labute approximate surface area is 133 Å². The Hall–Kier alpha value is -2.05. The molecule has 5 nitrogen and oxygen atoms in total. The first kappa shape index (κ1) is 15.3. The van der Waals surface area contributed by atoms with Gasteiger partial charge in [0, 0.05) is 4.47 Å². The molecule has 21 heavy (non-hydrogen) atoms. The number of benzene rings is 2. The lowest BCUT2D eigenvalue weighted by atomic mass is 10.1. The zero-order chi connectivity index (χ0) is 15.6. The first-order valence-corrected chi connectivity index (χ1v) is 6.88. The molecule has 0 saturated heterocycles. The third-order valence-corrected chi connectivity index (χ3v) is 3.49. The molecule has 0 spiro atoms. The number of aromatic carboxylic acids is 1. The van der Waals surface area contributed by atoms with Crippen LogP contribution in [0.4, 0.5) is 5.69 Å². The number of halogens is 2. The Morgan fingerprint density at radius 2 is 1.86 bits per heavy atom. The van der Waals surface area contributed by atoms with Gasteiger partial charge in [0.05, 0.1) is 21.8 Å². The van der Waals surface area contributed by atoms with E-state index >= 15 is 0 Å². The normalized spacial score (nSPS) is 10.2. The van der Waals surface area contributed by atoms with E-state index < -0.39 is 11.9 Å². The number of carbonyl (C=O) groups excluding carboxylic acids is 1. The van der Waals surface area contributed by atoms with Gasteiger partial charge in [0.15, 0.2) is 0 Å². The largest absolute Gasteiger partial charge is 0.506 e. The number of rotatable bonds is 3. The van der Waals surface area contributed by atoms with Crippen LogP contribution in [0.15, 0.2) is 40.9 Å². The van der Waals surface area contributed by atoms with Gasteiger partial charge in [-0.3, -0.25) is 4.79 Å². The van der Waals surface area contributed by atoms with Gasteiger partial charge in [-0.05, 0) is 36.4 Å². The van der Waals surface area contributed by atoms with Crippen molar-refractivity contribution in [2.45, 2.75) is 0 Å². The van der Waals surface area contributed by atoms with E-state index in [-0.39, 0.29) is 27.6 Å². The highest BCUT2D eigenvalue weighted by Crippen LogP contribution is 2.27. The first-order chi connectivity index (χ1) is 9.88. The molecule has 108 valence electrons. The summed E-state index contributed by atoms with van der Waals surface area (Å²) in [5.41, 5.74) is 0.250. The van der Waals surface area contributed by atoms with Gasteiger partial charge in [-0.1, -0.05) is 27.5 Å². The maximum atomic E-state index is 12.1. The smallest absolute Gasteiger partial charge is 0.335 e. The molecule has 7 heteroatoms. The minimum atomic E-state index is -1.17. The highest BCUT2D eigenvalue weighted by Gasteiger charge is 2.14. The van der Waals surface area contributed by atoms with Gasteiger partial charge < -0.3 is 15.5 Å². The van der Waals surface area contributed by atoms with Crippen molar-refractivity contribution in [3.05, 3.63) is 57.0 Å². The van der Waals surface area contributed by atoms with Crippen molar-refractivity contribution in [3.8, 4) is 5.75 Å². The van der Waals surface area contributed by atoms with E-state index in [1.807, 2.05) is 0 Å². The summed E-state index contributed by atoms with van der Waals surface area (Å²) in [6.07, 6.45) is 0. The fourth-order valence-electron chi connectivity index (χ4n) is 1.63. The second-order valence-electron chi connectivity index (χ2n) is 4.12. The Kier molecular flexibility index (Phi) is 4.50. The lowest BCUT2D eigenvalue weighted by Gasteiger charge is -2.09. The minimum absolute atomic E-state index is 0.0778. The topological polar surface area (TPSA) is 86.6 Å². The highest BCUT2D eigenvalue weighted by molar-refractivity contribution is 9.10. The van der Waals surface area contributed by atoms with Crippen LogP contribution in [-0.4, -0.2) is 22.1 Å². The van der Waals surface area contributed by atoms with Crippen LogP contribution in [-0.2, 0) is 0 Å². The molecule has 0 radical (unpaired) electrons. The van der Waals surface area contributed by atoms with Crippen molar-refractivity contribution >= 4 is 45.1 Å². The number of carbonyl (C=O) groups is 2. The molecule has 0 fully saturated rings. The first-order valence-electron chi connectivity index (χ1n) is 5.71. The predicted molar refractivity (Wildman–Crippen MR) is 82.2 cm³/mol. The maximum Gasteiger partial charge on any atom is 0.335 e. The lowest BCUT2D eigenvalue weighted by Crippen LogP contribution is -2.13. The number of amides is 1. The van der Waals surface area contributed by atoms with Crippen molar-refractivity contribution in [2.24, 2.45) is 0 Å². The summed E-state index contributed by atoms with van der Waals surface area (Å²) in [7, 11) is 0. The van der Waals surface area contributed by atoms with E-state index in [0.29, 0.717) is 4.47 Å². The fraction of sp³-hybridized carbons (Fsp3) is 0. The molecule has 0 heterocycles. The summed E-state index contributed by atoms with van der Waals surface area (Å²) in [5, 5.41) is 21.3. The summed E-state index contributed by atoms with van der Waals surface area (Å²) >= 11 is 9.18. The average Bonchev–Trinajstić information content (AvgIpc) is 2.43. The number of carboxylic acids is 1. The van der Waals surface area contributed by atoms with Crippen molar-refractivity contribution in [2.75, 3.05) is 5.32 Å². The van der Waals surface area contributed by atoms with Gasteiger partial charge in [-0.15, -0.1) is 0 Å². The lowest BCUT2D eigenvalue weighted by molar-refractivity contribution is 0.0696. The summed E-state index contributed by atoms with van der Waals surface area (Å²) < 4.78 is 0.683. The number of carboxylic acid groups (broad SMARTS) is 1. The van der Waals surface area contributed by atoms with Gasteiger partial charge in [0.1, 0.15) is 5.75 Å². The Morgan fingerprint density at radius 1 is 1.14 bits per heavy atom. The molecular formula is C14H9BrClNO4. The Bertz CT molecular complexity index is 733. The molecule has 0 saturated carbocycles. The molecular weight excluding hydrogens is 362 g/mol. The summed E-state index contributed by atoms with van der Waals surface area (Å²) in [6, 6.07) is 8.44. The zero-order valence-corrected chi connectivity index (χ0v) is 12.8. The van der Waals surface area contributed by atoms with Gasteiger partial charge >= 0.3 is 5.97 Å². The van der Waals surface area contributed by atoms with Gasteiger partial charge in [0.25, 0.3) is 5.91 Å². The maximum absolute atomic E-state index is 12.1. The summed E-state index contributed by atoms with van der Waals surface area (Å²) in [6.45, 7) is 0. The van der Waals surface area contributed by atoms with Crippen molar-refractivity contribution in [1.82, 2.24) is 0 Å². The number of hydrogen-bond acceptors (Lipinski definition) is 3. The molecule has 0 aromatic heterocycles. The van der Waals surface area contributed by atoms with E-state index in [4.69, 9.17) is 16.7 Å². The Morgan fingerprint density at radius 3 is 2.48 bits per heavy atom. The van der Waals surface area contributed by atoms with Crippen LogP contribution < -0.4 is 5.32 Å². The molecule has 2 aromatic rings.